The fourth-order valence-electron chi connectivity index (χ4n) is 4.17. The molecule has 144 valence electrons. The highest BCUT2D eigenvalue weighted by Gasteiger charge is 2.32. The number of amides is 1. The Balaban J connectivity index is 1.63. The number of carbonyl (C=O) groups excluding carboxylic acids is 1. The van der Waals surface area contributed by atoms with Crippen LogP contribution >= 0.6 is 0 Å². The lowest BCUT2D eigenvalue weighted by Gasteiger charge is -2.24. The summed E-state index contributed by atoms with van der Waals surface area (Å²) in [5.41, 5.74) is 4.02. The lowest BCUT2D eigenvalue weighted by molar-refractivity contribution is -0.116. The SMILES string of the molecule is COc1ccc(-n2nc(C)c3c2NC(=O)C[C@H]3c2ccc3ccccc3c2)cc1. The quantitative estimate of drug-likeness (QED) is 0.552. The van der Waals surface area contributed by atoms with E-state index in [0.29, 0.717) is 6.42 Å². The predicted octanol–water partition coefficient (Wildman–Crippen LogP) is 4.82. The molecule has 29 heavy (non-hydrogen) atoms. The first-order valence-electron chi connectivity index (χ1n) is 9.66. The first-order chi connectivity index (χ1) is 14.1. The summed E-state index contributed by atoms with van der Waals surface area (Å²) >= 11 is 0. The largest absolute Gasteiger partial charge is 0.497 e. The van der Waals surface area contributed by atoms with Gasteiger partial charge in [-0.05, 0) is 47.5 Å². The van der Waals surface area contributed by atoms with Crippen molar-refractivity contribution in [2.24, 2.45) is 0 Å². The van der Waals surface area contributed by atoms with E-state index in [0.717, 1.165) is 34.1 Å². The minimum atomic E-state index is -0.0182. The number of methoxy groups -OCH3 is 1. The van der Waals surface area contributed by atoms with Gasteiger partial charge in [0.1, 0.15) is 11.6 Å². The number of fused-ring (bicyclic) bond motifs is 2. The molecule has 5 rings (SSSR count). The highest BCUT2D eigenvalue weighted by Crippen LogP contribution is 2.41. The molecule has 0 spiro atoms. The molecule has 4 aromatic rings. The fourth-order valence-corrected chi connectivity index (χ4v) is 4.17. The van der Waals surface area contributed by atoms with Crippen LogP contribution in [0.25, 0.3) is 16.5 Å². The minimum absolute atomic E-state index is 0.00493. The summed E-state index contributed by atoms with van der Waals surface area (Å²) in [5.74, 6) is 1.52. The predicted molar refractivity (Wildman–Crippen MR) is 114 cm³/mol. The summed E-state index contributed by atoms with van der Waals surface area (Å²) in [6, 6.07) is 22.4. The number of aryl methyl sites for hydroxylation is 1. The summed E-state index contributed by atoms with van der Waals surface area (Å²) in [4.78, 5) is 12.6. The molecule has 1 N–H and O–H groups in total. The molecule has 0 radical (unpaired) electrons. The zero-order chi connectivity index (χ0) is 20.0. The molecule has 0 fully saturated rings. The maximum atomic E-state index is 12.6. The number of carbonyl (C=O) groups is 1. The number of nitrogens with one attached hydrogen (secondary N) is 1. The van der Waals surface area contributed by atoms with Crippen molar-refractivity contribution in [3.8, 4) is 11.4 Å². The van der Waals surface area contributed by atoms with E-state index < -0.39 is 0 Å². The third-order valence-corrected chi connectivity index (χ3v) is 5.60. The standard InChI is InChI=1S/C24H21N3O2/c1-15-23-21(18-8-7-16-5-3-4-6-17(16)13-18)14-22(28)25-24(23)27(26-15)19-9-11-20(29-2)12-10-19/h3-13,21H,14H2,1-2H3,(H,25,28)/t21-/m0/s1. The third kappa shape index (κ3) is 2.95. The number of aromatic nitrogens is 2. The van der Waals surface area contributed by atoms with E-state index in [4.69, 9.17) is 9.84 Å². The number of rotatable bonds is 3. The number of hydrogen-bond acceptors (Lipinski definition) is 3. The first kappa shape index (κ1) is 17.5. The first-order valence-corrected chi connectivity index (χ1v) is 9.66. The Labute approximate surface area is 168 Å². The Hall–Kier alpha value is -3.60. The molecule has 1 aliphatic heterocycles. The molecule has 0 unspecified atom stereocenters. The van der Waals surface area contributed by atoms with Crippen LogP contribution in [0.4, 0.5) is 5.82 Å². The number of hydrogen-bond donors (Lipinski definition) is 1. The molecular formula is C24H21N3O2. The molecule has 5 heteroatoms. The van der Waals surface area contributed by atoms with E-state index in [1.165, 1.54) is 10.8 Å². The minimum Gasteiger partial charge on any atom is -0.497 e. The Morgan fingerprint density at radius 3 is 2.55 bits per heavy atom. The van der Waals surface area contributed by atoms with Crippen LogP contribution in [0, 0.1) is 6.92 Å². The summed E-state index contributed by atoms with van der Waals surface area (Å²) in [6.07, 6.45) is 0.417. The lowest BCUT2D eigenvalue weighted by atomic mass is 9.85. The molecule has 0 saturated heterocycles. The van der Waals surface area contributed by atoms with Crippen molar-refractivity contribution in [1.29, 1.82) is 0 Å². The van der Waals surface area contributed by atoms with Gasteiger partial charge in [0.25, 0.3) is 0 Å². The molecule has 1 atom stereocenters. The second-order valence-corrected chi connectivity index (χ2v) is 7.37. The van der Waals surface area contributed by atoms with Gasteiger partial charge in [0.2, 0.25) is 5.91 Å². The van der Waals surface area contributed by atoms with Crippen molar-refractivity contribution < 1.29 is 9.53 Å². The van der Waals surface area contributed by atoms with Crippen molar-refractivity contribution in [3.63, 3.8) is 0 Å². The normalized spacial score (nSPS) is 15.8. The summed E-state index contributed by atoms with van der Waals surface area (Å²) < 4.78 is 7.07. The smallest absolute Gasteiger partial charge is 0.226 e. The Morgan fingerprint density at radius 2 is 1.79 bits per heavy atom. The average molecular weight is 383 g/mol. The van der Waals surface area contributed by atoms with Crippen LogP contribution in [0.1, 0.15) is 29.2 Å². The highest BCUT2D eigenvalue weighted by atomic mass is 16.5. The highest BCUT2D eigenvalue weighted by molar-refractivity contribution is 5.95. The molecule has 2 heterocycles. The Morgan fingerprint density at radius 1 is 1.03 bits per heavy atom. The number of anilines is 1. The van der Waals surface area contributed by atoms with Gasteiger partial charge in [0, 0.05) is 17.9 Å². The number of nitrogens with zero attached hydrogens (tertiary/aromatic N) is 2. The van der Waals surface area contributed by atoms with Crippen molar-refractivity contribution >= 4 is 22.5 Å². The molecule has 1 aliphatic rings. The topological polar surface area (TPSA) is 56.1 Å². The van der Waals surface area contributed by atoms with E-state index in [1.807, 2.05) is 48.0 Å². The lowest BCUT2D eigenvalue weighted by Crippen LogP contribution is -2.24. The molecule has 0 bridgehead atoms. The van der Waals surface area contributed by atoms with Gasteiger partial charge in [-0.25, -0.2) is 4.68 Å². The number of ether oxygens (including phenoxy) is 1. The number of benzene rings is 3. The monoisotopic (exact) mass is 383 g/mol. The van der Waals surface area contributed by atoms with E-state index in [9.17, 15) is 4.79 Å². The molecule has 1 amide bonds. The summed E-state index contributed by atoms with van der Waals surface area (Å²) in [7, 11) is 1.64. The zero-order valence-corrected chi connectivity index (χ0v) is 16.3. The van der Waals surface area contributed by atoms with Crippen LogP contribution < -0.4 is 10.1 Å². The van der Waals surface area contributed by atoms with Crippen molar-refractivity contribution in [2.75, 3.05) is 12.4 Å². The molecule has 1 aromatic heterocycles. The van der Waals surface area contributed by atoms with Gasteiger partial charge in [-0.3, -0.25) is 4.79 Å². The van der Waals surface area contributed by atoms with Gasteiger partial charge >= 0.3 is 0 Å². The van der Waals surface area contributed by atoms with E-state index in [-0.39, 0.29) is 11.8 Å². The van der Waals surface area contributed by atoms with Gasteiger partial charge in [-0.1, -0.05) is 42.5 Å². The van der Waals surface area contributed by atoms with Crippen LogP contribution in [0.5, 0.6) is 5.75 Å². The van der Waals surface area contributed by atoms with Crippen molar-refractivity contribution in [3.05, 3.63) is 83.6 Å². The maximum Gasteiger partial charge on any atom is 0.226 e. The van der Waals surface area contributed by atoms with Crippen LogP contribution in [0.3, 0.4) is 0 Å². The van der Waals surface area contributed by atoms with Crippen LogP contribution in [0.2, 0.25) is 0 Å². The van der Waals surface area contributed by atoms with Crippen LogP contribution in [0.15, 0.2) is 66.7 Å². The summed E-state index contributed by atoms with van der Waals surface area (Å²) in [6.45, 7) is 2.00. The Kier molecular flexibility index (Phi) is 4.09. The van der Waals surface area contributed by atoms with Gasteiger partial charge in [-0.15, -0.1) is 0 Å². The van der Waals surface area contributed by atoms with Crippen LogP contribution in [-0.2, 0) is 4.79 Å². The second-order valence-electron chi connectivity index (χ2n) is 7.37. The van der Waals surface area contributed by atoms with E-state index >= 15 is 0 Å². The molecule has 0 aliphatic carbocycles. The molecular weight excluding hydrogens is 362 g/mol. The van der Waals surface area contributed by atoms with E-state index in [1.54, 1.807) is 7.11 Å². The summed E-state index contributed by atoms with van der Waals surface area (Å²) in [5, 5.41) is 10.2. The van der Waals surface area contributed by atoms with Gasteiger partial charge in [0.05, 0.1) is 18.5 Å². The average Bonchev–Trinajstić information content (AvgIpc) is 3.09. The Bertz CT molecular complexity index is 1220. The van der Waals surface area contributed by atoms with E-state index in [2.05, 4.69) is 35.6 Å². The molecule has 3 aromatic carbocycles. The third-order valence-electron chi connectivity index (χ3n) is 5.60. The molecule has 5 nitrogen and oxygen atoms in total. The van der Waals surface area contributed by atoms with Crippen molar-refractivity contribution in [1.82, 2.24) is 9.78 Å². The fraction of sp³-hybridized carbons (Fsp3) is 0.167. The maximum absolute atomic E-state index is 12.6. The van der Waals surface area contributed by atoms with Gasteiger partial charge < -0.3 is 10.1 Å². The van der Waals surface area contributed by atoms with Crippen LogP contribution in [-0.4, -0.2) is 22.8 Å². The van der Waals surface area contributed by atoms with Gasteiger partial charge in [-0.2, -0.15) is 5.10 Å². The van der Waals surface area contributed by atoms with Gasteiger partial charge in [0.15, 0.2) is 0 Å². The molecule has 0 saturated carbocycles. The van der Waals surface area contributed by atoms with Crippen molar-refractivity contribution in [2.45, 2.75) is 19.3 Å². The second kappa shape index (κ2) is 6.78. The zero-order valence-electron chi connectivity index (χ0n) is 16.3.